The van der Waals surface area contributed by atoms with Crippen molar-refractivity contribution in [3.05, 3.63) is 96.1 Å². The van der Waals surface area contributed by atoms with Gasteiger partial charge in [0.2, 0.25) is 0 Å². The van der Waals surface area contributed by atoms with Gasteiger partial charge in [-0.15, -0.1) is 0 Å². The minimum absolute atomic E-state index is 0.0309. The highest BCUT2D eigenvalue weighted by Crippen LogP contribution is 2.24. The number of amides is 3. The molecule has 2 unspecified atom stereocenters. The van der Waals surface area contributed by atoms with E-state index in [1.807, 2.05) is 86.6 Å². The molecule has 0 heterocycles. The standard InChI is InChI=1S/C30H35N3O6/c1-21(2)18-33(19-27(34)29(37)32-39-20-22-9-5-3-6-10-22)30(38)31-26(17-28(35)36)25-15-13-24(14-16-25)23-11-7-4-8-12-23/h3-16,21,26-27,34H,17-20H2,1-2H3,(H,31,38)(H,32,37)(H,35,36). The van der Waals surface area contributed by atoms with Gasteiger partial charge in [-0.2, -0.15) is 0 Å². The molecule has 0 saturated heterocycles. The number of carboxylic acids is 1. The zero-order valence-electron chi connectivity index (χ0n) is 22.1. The first-order valence-corrected chi connectivity index (χ1v) is 12.8. The summed E-state index contributed by atoms with van der Waals surface area (Å²) in [5, 5.41) is 22.7. The second kappa shape index (κ2) is 14.7. The predicted molar refractivity (Wildman–Crippen MR) is 147 cm³/mol. The molecule has 0 aliphatic heterocycles. The number of hydrogen-bond donors (Lipinski definition) is 4. The van der Waals surface area contributed by atoms with Gasteiger partial charge < -0.3 is 20.4 Å². The van der Waals surface area contributed by atoms with Crippen molar-refractivity contribution in [2.45, 2.75) is 39.0 Å². The van der Waals surface area contributed by atoms with Crippen molar-refractivity contribution >= 4 is 17.9 Å². The predicted octanol–water partition coefficient (Wildman–Crippen LogP) is 4.15. The van der Waals surface area contributed by atoms with E-state index in [0.717, 1.165) is 16.7 Å². The molecule has 3 rings (SSSR count). The Morgan fingerprint density at radius 2 is 1.44 bits per heavy atom. The summed E-state index contributed by atoms with van der Waals surface area (Å²) >= 11 is 0. The van der Waals surface area contributed by atoms with Crippen molar-refractivity contribution in [3.8, 4) is 11.1 Å². The quantitative estimate of drug-likeness (QED) is 0.245. The van der Waals surface area contributed by atoms with E-state index in [1.54, 1.807) is 12.1 Å². The summed E-state index contributed by atoms with van der Waals surface area (Å²) in [6.45, 7) is 3.86. The summed E-state index contributed by atoms with van der Waals surface area (Å²) in [7, 11) is 0. The number of hydrogen-bond acceptors (Lipinski definition) is 5. The van der Waals surface area contributed by atoms with Gasteiger partial charge in [0.25, 0.3) is 5.91 Å². The van der Waals surface area contributed by atoms with E-state index < -0.39 is 30.1 Å². The molecule has 0 radical (unpaired) electrons. The number of benzene rings is 3. The third-order valence-corrected chi connectivity index (χ3v) is 5.92. The van der Waals surface area contributed by atoms with Crippen LogP contribution in [0.4, 0.5) is 4.79 Å². The average molecular weight is 534 g/mol. The van der Waals surface area contributed by atoms with Gasteiger partial charge in [-0.25, -0.2) is 10.3 Å². The van der Waals surface area contributed by atoms with Gasteiger partial charge in [0.15, 0.2) is 6.10 Å². The SMILES string of the molecule is CC(C)CN(CC(O)C(=O)NOCc1ccccc1)C(=O)NC(CC(=O)O)c1ccc(-c2ccccc2)cc1. The van der Waals surface area contributed by atoms with Crippen molar-refractivity contribution in [2.75, 3.05) is 13.1 Å². The second-order valence-corrected chi connectivity index (χ2v) is 9.64. The van der Waals surface area contributed by atoms with Crippen molar-refractivity contribution in [1.29, 1.82) is 0 Å². The van der Waals surface area contributed by atoms with Crippen LogP contribution in [0.5, 0.6) is 0 Å². The van der Waals surface area contributed by atoms with E-state index in [2.05, 4.69) is 10.8 Å². The fraction of sp³-hybridized carbons (Fsp3) is 0.300. The van der Waals surface area contributed by atoms with Gasteiger partial charge in [0.1, 0.15) is 0 Å². The summed E-state index contributed by atoms with van der Waals surface area (Å²) in [6.07, 6.45) is -1.88. The minimum Gasteiger partial charge on any atom is -0.481 e. The molecule has 0 spiro atoms. The Kier molecular flexibility index (Phi) is 11.0. The van der Waals surface area contributed by atoms with Gasteiger partial charge >= 0.3 is 12.0 Å². The number of rotatable bonds is 13. The monoisotopic (exact) mass is 533 g/mol. The smallest absolute Gasteiger partial charge is 0.318 e. The topological polar surface area (TPSA) is 128 Å². The molecule has 0 bridgehead atoms. The van der Waals surface area contributed by atoms with Gasteiger partial charge in [0.05, 0.1) is 25.6 Å². The van der Waals surface area contributed by atoms with Crippen LogP contribution >= 0.6 is 0 Å². The average Bonchev–Trinajstić information content (AvgIpc) is 2.93. The van der Waals surface area contributed by atoms with Crippen LogP contribution < -0.4 is 10.8 Å². The number of carbonyl (C=O) groups excluding carboxylic acids is 2. The zero-order valence-corrected chi connectivity index (χ0v) is 22.1. The number of carbonyl (C=O) groups is 3. The molecule has 0 saturated carbocycles. The highest BCUT2D eigenvalue weighted by atomic mass is 16.7. The zero-order chi connectivity index (χ0) is 28.2. The highest BCUT2D eigenvalue weighted by Gasteiger charge is 2.26. The Labute approximate surface area is 228 Å². The molecule has 0 aromatic heterocycles. The van der Waals surface area contributed by atoms with E-state index in [0.29, 0.717) is 5.56 Å². The summed E-state index contributed by atoms with van der Waals surface area (Å²) in [5.41, 5.74) is 5.67. The molecule has 3 aromatic rings. The largest absolute Gasteiger partial charge is 0.481 e. The Morgan fingerprint density at radius 1 is 0.846 bits per heavy atom. The number of aliphatic hydroxyl groups is 1. The summed E-state index contributed by atoms with van der Waals surface area (Å²) in [6, 6.07) is 24.9. The normalized spacial score (nSPS) is 12.4. The Morgan fingerprint density at radius 3 is 2.03 bits per heavy atom. The maximum atomic E-state index is 13.2. The van der Waals surface area contributed by atoms with E-state index in [-0.39, 0.29) is 32.0 Å². The molecular formula is C30H35N3O6. The van der Waals surface area contributed by atoms with Gasteiger partial charge in [0, 0.05) is 6.54 Å². The molecular weight excluding hydrogens is 498 g/mol. The maximum absolute atomic E-state index is 13.2. The van der Waals surface area contributed by atoms with Crippen LogP contribution in [0.3, 0.4) is 0 Å². The first-order chi connectivity index (χ1) is 18.7. The van der Waals surface area contributed by atoms with Crippen molar-refractivity contribution < 1.29 is 29.4 Å². The van der Waals surface area contributed by atoms with Crippen LogP contribution in [-0.2, 0) is 21.0 Å². The molecule has 0 aliphatic rings. The lowest BCUT2D eigenvalue weighted by Gasteiger charge is -2.29. The summed E-state index contributed by atoms with van der Waals surface area (Å²) < 4.78 is 0. The third-order valence-electron chi connectivity index (χ3n) is 5.92. The first-order valence-electron chi connectivity index (χ1n) is 12.8. The van der Waals surface area contributed by atoms with E-state index in [4.69, 9.17) is 4.84 Å². The van der Waals surface area contributed by atoms with Gasteiger partial charge in [-0.3, -0.25) is 14.4 Å². The maximum Gasteiger partial charge on any atom is 0.318 e. The number of aliphatic hydroxyl groups excluding tert-OH is 1. The molecule has 3 aromatic carbocycles. The van der Waals surface area contributed by atoms with Gasteiger partial charge in [-0.05, 0) is 28.2 Å². The van der Waals surface area contributed by atoms with E-state index in [1.165, 1.54) is 4.90 Å². The van der Waals surface area contributed by atoms with Crippen LogP contribution in [0.25, 0.3) is 11.1 Å². The molecule has 3 amide bonds. The molecule has 206 valence electrons. The Balaban J connectivity index is 1.65. The van der Waals surface area contributed by atoms with E-state index >= 15 is 0 Å². The molecule has 9 heteroatoms. The number of hydroxylamine groups is 1. The third kappa shape index (κ3) is 9.55. The van der Waals surface area contributed by atoms with E-state index in [9.17, 15) is 24.6 Å². The number of urea groups is 1. The fourth-order valence-corrected chi connectivity index (χ4v) is 4.01. The second-order valence-electron chi connectivity index (χ2n) is 9.64. The lowest BCUT2D eigenvalue weighted by atomic mass is 9.99. The number of nitrogens with one attached hydrogen (secondary N) is 2. The number of carboxylic acid groups (broad SMARTS) is 1. The van der Waals surface area contributed by atoms with Crippen molar-refractivity contribution in [1.82, 2.24) is 15.7 Å². The van der Waals surface area contributed by atoms with Crippen LogP contribution in [0.1, 0.15) is 37.4 Å². The molecule has 0 fully saturated rings. The van der Waals surface area contributed by atoms with Gasteiger partial charge in [-0.1, -0.05) is 98.8 Å². The highest BCUT2D eigenvalue weighted by molar-refractivity contribution is 5.81. The lowest BCUT2D eigenvalue weighted by molar-refractivity contribution is -0.144. The number of nitrogens with zero attached hydrogens (tertiary/aromatic N) is 1. The molecule has 9 nitrogen and oxygen atoms in total. The molecule has 0 aliphatic carbocycles. The molecule has 39 heavy (non-hydrogen) atoms. The summed E-state index contributed by atoms with van der Waals surface area (Å²) in [5.74, 6) is -1.83. The summed E-state index contributed by atoms with van der Waals surface area (Å²) in [4.78, 5) is 43.7. The Bertz CT molecular complexity index is 1200. The first kappa shape index (κ1) is 29.3. The van der Waals surface area contributed by atoms with Crippen LogP contribution in [0.15, 0.2) is 84.9 Å². The van der Waals surface area contributed by atoms with Crippen LogP contribution in [0.2, 0.25) is 0 Å². The lowest BCUT2D eigenvalue weighted by Crippen LogP contribution is -2.50. The van der Waals surface area contributed by atoms with Crippen molar-refractivity contribution in [2.24, 2.45) is 5.92 Å². The van der Waals surface area contributed by atoms with Crippen LogP contribution in [0, 0.1) is 5.92 Å². The molecule has 4 N–H and O–H groups in total. The number of aliphatic carboxylic acids is 1. The fourth-order valence-electron chi connectivity index (χ4n) is 4.01. The Hall–Kier alpha value is -4.21. The van der Waals surface area contributed by atoms with Crippen molar-refractivity contribution in [3.63, 3.8) is 0 Å². The van der Waals surface area contributed by atoms with Crippen LogP contribution in [-0.4, -0.2) is 52.2 Å². The minimum atomic E-state index is -1.55. The molecule has 2 atom stereocenters.